The molecular weight excluding hydrogens is 325 g/mol. The molecule has 1 aliphatic rings. The Hall–Kier alpha value is -1.96. The van der Waals surface area contributed by atoms with Crippen LogP contribution in [0.25, 0.3) is 0 Å². The fourth-order valence-corrected chi connectivity index (χ4v) is 2.39. The maximum Gasteiger partial charge on any atom is 0.573 e. The van der Waals surface area contributed by atoms with E-state index in [4.69, 9.17) is 4.74 Å². The first-order valence-corrected chi connectivity index (χ1v) is 7.60. The third kappa shape index (κ3) is 5.59. The van der Waals surface area contributed by atoms with Crippen molar-refractivity contribution in [1.82, 2.24) is 10.2 Å². The molecule has 1 aromatic carbocycles. The van der Waals surface area contributed by atoms with E-state index in [2.05, 4.69) is 10.1 Å². The van der Waals surface area contributed by atoms with Crippen molar-refractivity contribution in [1.29, 1.82) is 0 Å². The second-order valence-corrected chi connectivity index (χ2v) is 6.55. The molecule has 1 aromatic rings. The summed E-state index contributed by atoms with van der Waals surface area (Å²) < 4.78 is 46.3. The Morgan fingerprint density at radius 3 is 2.62 bits per heavy atom. The standard InChI is InChI=1S/C16H21F3N2O3/c1-15(2,3)24-14(22)21-8-7-20-13(10-21)11-5-4-6-12(9-11)23-16(17,18)19/h4-6,9,13,20H,7-8,10H2,1-3H3/t13-/m1/s1. The van der Waals surface area contributed by atoms with E-state index in [-0.39, 0.29) is 11.8 Å². The number of carbonyl (C=O) groups excluding carboxylic acids is 1. The topological polar surface area (TPSA) is 50.8 Å². The molecular formula is C16H21F3N2O3. The zero-order chi connectivity index (χ0) is 18.0. The minimum absolute atomic E-state index is 0.281. The first kappa shape index (κ1) is 18.4. The first-order valence-electron chi connectivity index (χ1n) is 7.60. The number of halogens is 3. The number of nitrogens with one attached hydrogen (secondary N) is 1. The van der Waals surface area contributed by atoms with E-state index in [9.17, 15) is 18.0 Å². The summed E-state index contributed by atoms with van der Waals surface area (Å²) >= 11 is 0. The van der Waals surface area contributed by atoms with E-state index < -0.39 is 18.1 Å². The number of carbonyl (C=O) groups is 1. The normalized spacial score (nSPS) is 19.1. The third-order valence-electron chi connectivity index (χ3n) is 3.32. The predicted octanol–water partition coefficient (Wildman–Crippen LogP) is 3.47. The largest absolute Gasteiger partial charge is 0.573 e. The molecule has 5 nitrogen and oxygen atoms in total. The Kier molecular flexibility index (Phi) is 5.27. The van der Waals surface area contributed by atoms with Crippen LogP contribution in [-0.4, -0.2) is 42.6 Å². The van der Waals surface area contributed by atoms with Gasteiger partial charge in [-0.05, 0) is 38.5 Å². The highest BCUT2D eigenvalue weighted by Crippen LogP contribution is 2.27. The molecule has 2 rings (SSSR count). The SMILES string of the molecule is CC(C)(C)OC(=O)N1CCN[C@@H](c2cccc(OC(F)(F)F)c2)C1. The van der Waals surface area contributed by atoms with Crippen molar-refractivity contribution in [3.63, 3.8) is 0 Å². The smallest absolute Gasteiger partial charge is 0.444 e. The number of benzene rings is 1. The molecule has 0 unspecified atom stereocenters. The van der Waals surface area contributed by atoms with Gasteiger partial charge in [-0.3, -0.25) is 0 Å². The predicted molar refractivity (Wildman–Crippen MR) is 81.7 cm³/mol. The third-order valence-corrected chi connectivity index (χ3v) is 3.32. The highest BCUT2D eigenvalue weighted by Gasteiger charge is 2.32. The van der Waals surface area contributed by atoms with Gasteiger partial charge in [0, 0.05) is 19.6 Å². The Morgan fingerprint density at radius 1 is 1.29 bits per heavy atom. The van der Waals surface area contributed by atoms with Gasteiger partial charge in [-0.1, -0.05) is 12.1 Å². The summed E-state index contributed by atoms with van der Waals surface area (Å²) in [4.78, 5) is 13.7. The van der Waals surface area contributed by atoms with E-state index in [1.165, 1.54) is 18.2 Å². The molecule has 0 aromatic heterocycles. The lowest BCUT2D eigenvalue weighted by molar-refractivity contribution is -0.274. The number of amides is 1. The van der Waals surface area contributed by atoms with Crippen molar-refractivity contribution in [2.24, 2.45) is 0 Å². The molecule has 0 bridgehead atoms. The van der Waals surface area contributed by atoms with Gasteiger partial charge in [0.25, 0.3) is 0 Å². The van der Waals surface area contributed by atoms with Crippen molar-refractivity contribution in [3.8, 4) is 5.75 Å². The van der Waals surface area contributed by atoms with E-state index in [1.807, 2.05) is 0 Å². The molecule has 1 aliphatic heterocycles. The fraction of sp³-hybridized carbons (Fsp3) is 0.562. The minimum atomic E-state index is -4.73. The van der Waals surface area contributed by atoms with E-state index >= 15 is 0 Å². The minimum Gasteiger partial charge on any atom is -0.444 e. The Labute approximate surface area is 138 Å². The molecule has 24 heavy (non-hydrogen) atoms. The zero-order valence-electron chi connectivity index (χ0n) is 13.8. The van der Waals surface area contributed by atoms with Gasteiger partial charge in [-0.15, -0.1) is 13.2 Å². The quantitative estimate of drug-likeness (QED) is 0.891. The fourth-order valence-electron chi connectivity index (χ4n) is 2.39. The van der Waals surface area contributed by atoms with Gasteiger partial charge in [-0.2, -0.15) is 0 Å². The number of hydrogen-bond acceptors (Lipinski definition) is 4. The van der Waals surface area contributed by atoms with Gasteiger partial charge in [-0.25, -0.2) is 4.79 Å². The first-order chi connectivity index (χ1) is 11.0. The molecule has 1 atom stereocenters. The summed E-state index contributed by atoms with van der Waals surface area (Å²) in [6.45, 7) is 6.65. The van der Waals surface area contributed by atoms with Crippen LogP contribution in [0.15, 0.2) is 24.3 Å². The van der Waals surface area contributed by atoms with Crippen LogP contribution in [0.3, 0.4) is 0 Å². The highest BCUT2D eigenvalue weighted by molar-refractivity contribution is 5.68. The van der Waals surface area contributed by atoms with Crippen molar-refractivity contribution < 1.29 is 27.4 Å². The molecule has 134 valence electrons. The molecule has 0 saturated carbocycles. The average molecular weight is 346 g/mol. The van der Waals surface area contributed by atoms with Gasteiger partial charge in [0.2, 0.25) is 0 Å². The van der Waals surface area contributed by atoms with Gasteiger partial charge < -0.3 is 19.7 Å². The van der Waals surface area contributed by atoms with Crippen LogP contribution in [0.2, 0.25) is 0 Å². The lowest BCUT2D eigenvalue weighted by Gasteiger charge is -2.35. The molecule has 1 fully saturated rings. The molecule has 8 heteroatoms. The van der Waals surface area contributed by atoms with Crippen LogP contribution in [-0.2, 0) is 4.74 Å². The van der Waals surface area contributed by atoms with Crippen molar-refractivity contribution in [3.05, 3.63) is 29.8 Å². The number of ether oxygens (including phenoxy) is 2. The average Bonchev–Trinajstić information content (AvgIpc) is 2.44. The van der Waals surface area contributed by atoms with E-state index in [0.717, 1.165) is 0 Å². The van der Waals surface area contributed by atoms with E-state index in [0.29, 0.717) is 25.2 Å². The molecule has 0 spiro atoms. The maximum atomic E-state index is 12.3. The van der Waals surface area contributed by atoms with E-state index in [1.54, 1.807) is 31.7 Å². The molecule has 0 aliphatic carbocycles. The highest BCUT2D eigenvalue weighted by atomic mass is 19.4. The van der Waals surface area contributed by atoms with Crippen molar-refractivity contribution >= 4 is 6.09 Å². The molecule has 1 saturated heterocycles. The summed E-state index contributed by atoms with van der Waals surface area (Å²) in [5, 5.41) is 3.19. The Balaban J connectivity index is 2.07. The summed E-state index contributed by atoms with van der Waals surface area (Å²) in [6, 6.07) is 5.46. The van der Waals surface area contributed by atoms with Crippen molar-refractivity contribution in [2.45, 2.75) is 38.8 Å². The van der Waals surface area contributed by atoms with Gasteiger partial charge in [0.15, 0.2) is 0 Å². The lowest BCUT2D eigenvalue weighted by Crippen LogP contribution is -2.49. The Morgan fingerprint density at radius 2 is 2.00 bits per heavy atom. The molecule has 1 amide bonds. The van der Waals surface area contributed by atoms with Crippen LogP contribution in [0.5, 0.6) is 5.75 Å². The van der Waals surface area contributed by atoms with Gasteiger partial charge in [0.05, 0.1) is 6.04 Å². The summed E-state index contributed by atoms with van der Waals surface area (Å²) in [5.74, 6) is -0.281. The number of piperazine rings is 1. The van der Waals surface area contributed by atoms with Crippen LogP contribution in [0.4, 0.5) is 18.0 Å². The van der Waals surface area contributed by atoms with Crippen LogP contribution in [0, 0.1) is 0 Å². The number of hydrogen-bond donors (Lipinski definition) is 1. The second kappa shape index (κ2) is 6.88. The van der Waals surface area contributed by atoms with Gasteiger partial charge >= 0.3 is 12.5 Å². The molecule has 0 radical (unpaired) electrons. The van der Waals surface area contributed by atoms with Crippen LogP contribution < -0.4 is 10.1 Å². The summed E-state index contributed by atoms with van der Waals surface area (Å²) in [5.41, 5.74) is 0.0165. The monoisotopic (exact) mass is 346 g/mol. The number of nitrogens with zero attached hydrogens (tertiary/aromatic N) is 1. The Bertz CT molecular complexity index is 585. The van der Waals surface area contributed by atoms with Gasteiger partial charge in [0.1, 0.15) is 11.4 Å². The van der Waals surface area contributed by atoms with Crippen LogP contribution >= 0.6 is 0 Å². The number of rotatable bonds is 2. The van der Waals surface area contributed by atoms with Crippen molar-refractivity contribution in [2.75, 3.05) is 19.6 Å². The molecule has 1 heterocycles. The molecule has 1 N–H and O–H groups in total. The number of alkyl halides is 3. The zero-order valence-corrected chi connectivity index (χ0v) is 13.8. The lowest BCUT2D eigenvalue weighted by atomic mass is 10.0. The second-order valence-electron chi connectivity index (χ2n) is 6.55. The van der Waals surface area contributed by atoms with Crippen LogP contribution in [0.1, 0.15) is 32.4 Å². The summed E-state index contributed by atoms with van der Waals surface area (Å²) in [7, 11) is 0. The summed E-state index contributed by atoms with van der Waals surface area (Å²) in [6.07, 6.45) is -5.17. The maximum absolute atomic E-state index is 12.3.